The molecule has 24 heavy (non-hydrogen) atoms. The lowest BCUT2D eigenvalue weighted by atomic mass is 10.1. The number of ether oxygens (including phenoxy) is 1. The number of ketones is 1. The van der Waals surface area contributed by atoms with E-state index in [1.54, 1.807) is 31.4 Å². The number of rotatable bonds is 8. The monoisotopic (exact) mass is 331 g/mol. The standard InChI is InChI=1S/C18H21NO5/c1-24-14-5-2-12(3-6-14)15(20)8-9-19-11-18(23)13-4-7-16(21)17(22)10-13/h2-7,10,18-19,21-23H,8-9,11H2,1H3. The molecule has 0 aliphatic carbocycles. The summed E-state index contributed by atoms with van der Waals surface area (Å²) in [6.07, 6.45) is -0.535. The molecule has 128 valence electrons. The summed E-state index contributed by atoms with van der Waals surface area (Å²) >= 11 is 0. The molecule has 1 unspecified atom stereocenters. The zero-order valence-corrected chi connectivity index (χ0v) is 13.4. The summed E-state index contributed by atoms with van der Waals surface area (Å²) in [4.78, 5) is 12.0. The van der Waals surface area contributed by atoms with E-state index in [0.717, 1.165) is 0 Å². The van der Waals surface area contributed by atoms with Gasteiger partial charge in [0.1, 0.15) is 5.75 Å². The summed E-state index contributed by atoms with van der Waals surface area (Å²) in [5.74, 6) is 0.192. The number of aliphatic hydroxyl groups excluding tert-OH is 1. The highest BCUT2D eigenvalue weighted by Crippen LogP contribution is 2.27. The molecular weight excluding hydrogens is 310 g/mol. The van der Waals surface area contributed by atoms with Gasteiger partial charge in [-0.1, -0.05) is 6.07 Å². The number of methoxy groups -OCH3 is 1. The van der Waals surface area contributed by atoms with Crippen LogP contribution in [0.1, 0.15) is 28.4 Å². The molecule has 6 nitrogen and oxygen atoms in total. The van der Waals surface area contributed by atoms with E-state index in [4.69, 9.17) is 4.74 Å². The Bertz CT molecular complexity index is 684. The fourth-order valence-electron chi connectivity index (χ4n) is 2.23. The van der Waals surface area contributed by atoms with Crippen LogP contribution in [0.5, 0.6) is 17.2 Å². The van der Waals surface area contributed by atoms with Crippen LogP contribution in [0, 0.1) is 0 Å². The quantitative estimate of drug-likeness (QED) is 0.335. The molecule has 0 bridgehead atoms. The summed E-state index contributed by atoms with van der Waals surface area (Å²) in [7, 11) is 1.57. The Morgan fingerprint density at radius 1 is 1.12 bits per heavy atom. The van der Waals surface area contributed by atoms with Gasteiger partial charge in [0.05, 0.1) is 13.2 Å². The van der Waals surface area contributed by atoms with Crippen LogP contribution in [-0.4, -0.2) is 41.3 Å². The second-order valence-corrected chi connectivity index (χ2v) is 5.37. The highest BCUT2D eigenvalue weighted by Gasteiger charge is 2.11. The third-order valence-electron chi connectivity index (χ3n) is 3.66. The van der Waals surface area contributed by atoms with Gasteiger partial charge in [0.25, 0.3) is 0 Å². The van der Waals surface area contributed by atoms with Crippen molar-refractivity contribution in [1.29, 1.82) is 0 Å². The number of phenols is 2. The molecule has 6 heteroatoms. The number of nitrogens with one attached hydrogen (secondary N) is 1. The Kier molecular flexibility index (Phi) is 6.17. The van der Waals surface area contributed by atoms with Crippen molar-refractivity contribution in [2.75, 3.05) is 20.2 Å². The maximum absolute atomic E-state index is 12.0. The van der Waals surface area contributed by atoms with Gasteiger partial charge in [0, 0.05) is 25.1 Å². The third-order valence-corrected chi connectivity index (χ3v) is 3.66. The molecule has 0 saturated heterocycles. The van der Waals surface area contributed by atoms with E-state index in [0.29, 0.717) is 29.8 Å². The molecule has 0 aliphatic rings. The van der Waals surface area contributed by atoms with E-state index >= 15 is 0 Å². The number of aromatic hydroxyl groups is 2. The van der Waals surface area contributed by atoms with Gasteiger partial charge in [-0.15, -0.1) is 0 Å². The number of Topliss-reactive ketones (excluding diaryl/α,β-unsaturated/α-hetero) is 1. The molecular formula is C18H21NO5. The molecule has 0 aromatic heterocycles. The van der Waals surface area contributed by atoms with Crippen molar-refractivity contribution in [2.24, 2.45) is 0 Å². The Morgan fingerprint density at radius 3 is 2.46 bits per heavy atom. The van der Waals surface area contributed by atoms with Gasteiger partial charge in [0.15, 0.2) is 17.3 Å². The lowest BCUT2D eigenvalue weighted by Gasteiger charge is -2.13. The van der Waals surface area contributed by atoms with Crippen molar-refractivity contribution in [3.05, 3.63) is 53.6 Å². The minimum Gasteiger partial charge on any atom is -0.504 e. The Labute approximate surface area is 140 Å². The third kappa shape index (κ3) is 4.71. The van der Waals surface area contributed by atoms with Crippen molar-refractivity contribution in [3.8, 4) is 17.2 Å². The van der Waals surface area contributed by atoms with Gasteiger partial charge in [-0.3, -0.25) is 4.79 Å². The van der Waals surface area contributed by atoms with Crippen LogP contribution in [0.4, 0.5) is 0 Å². The molecule has 1 atom stereocenters. The van der Waals surface area contributed by atoms with Crippen molar-refractivity contribution in [1.82, 2.24) is 5.32 Å². The summed E-state index contributed by atoms with van der Waals surface area (Å²) in [6, 6.07) is 11.1. The SMILES string of the molecule is COc1ccc(C(=O)CCNCC(O)c2ccc(O)c(O)c2)cc1. The van der Waals surface area contributed by atoms with Gasteiger partial charge >= 0.3 is 0 Å². The van der Waals surface area contributed by atoms with E-state index in [2.05, 4.69) is 5.32 Å². The largest absolute Gasteiger partial charge is 0.504 e. The number of carbonyl (C=O) groups excluding carboxylic acids is 1. The van der Waals surface area contributed by atoms with Crippen molar-refractivity contribution < 1.29 is 24.9 Å². The molecule has 2 aromatic carbocycles. The van der Waals surface area contributed by atoms with E-state index in [1.165, 1.54) is 18.2 Å². The first-order chi connectivity index (χ1) is 11.5. The van der Waals surface area contributed by atoms with Gasteiger partial charge < -0.3 is 25.4 Å². The highest BCUT2D eigenvalue weighted by atomic mass is 16.5. The summed E-state index contributed by atoms with van der Waals surface area (Å²) in [6.45, 7) is 0.659. The molecule has 0 heterocycles. The van der Waals surface area contributed by atoms with E-state index in [9.17, 15) is 20.1 Å². The first-order valence-corrected chi connectivity index (χ1v) is 7.59. The lowest BCUT2D eigenvalue weighted by Crippen LogP contribution is -2.24. The fraction of sp³-hybridized carbons (Fsp3) is 0.278. The van der Waals surface area contributed by atoms with Gasteiger partial charge in [-0.05, 0) is 42.0 Å². The first kappa shape index (κ1) is 17.8. The summed E-state index contributed by atoms with van der Waals surface area (Å²) < 4.78 is 5.05. The molecule has 0 radical (unpaired) electrons. The zero-order valence-electron chi connectivity index (χ0n) is 13.4. The van der Waals surface area contributed by atoms with Crippen LogP contribution in [0.15, 0.2) is 42.5 Å². The van der Waals surface area contributed by atoms with Gasteiger partial charge in [-0.2, -0.15) is 0 Å². The minimum absolute atomic E-state index is 0.00178. The van der Waals surface area contributed by atoms with Crippen LogP contribution in [0.25, 0.3) is 0 Å². The number of hydrogen-bond acceptors (Lipinski definition) is 6. The Balaban J connectivity index is 1.77. The zero-order chi connectivity index (χ0) is 17.5. The van der Waals surface area contributed by atoms with Crippen LogP contribution in [0.2, 0.25) is 0 Å². The average Bonchev–Trinajstić information content (AvgIpc) is 2.60. The maximum atomic E-state index is 12.0. The lowest BCUT2D eigenvalue weighted by molar-refractivity contribution is 0.0979. The first-order valence-electron chi connectivity index (χ1n) is 7.59. The predicted octanol–water partition coefficient (Wildman–Crippen LogP) is 2.00. The molecule has 2 rings (SSSR count). The van der Waals surface area contributed by atoms with Gasteiger partial charge in [0.2, 0.25) is 0 Å². The molecule has 0 spiro atoms. The second-order valence-electron chi connectivity index (χ2n) is 5.37. The highest BCUT2D eigenvalue weighted by molar-refractivity contribution is 5.96. The molecule has 0 fully saturated rings. The van der Waals surface area contributed by atoms with E-state index < -0.39 is 6.10 Å². The van der Waals surface area contributed by atoms with Gasteiger partial charge in [-0.25, -0.2) is 0 Å². The summed E-state index contributed by atoms with van der Waals surface area (Å²) in [5.41, 5.74) is 1.10. The van der Waals surface area contributed by atoms with Crippen LogP contribution in [0.3, 0.4) is 0 Å². The molecule has 0 saturated carbocycles. The van der Waals surface area contributed by atoms with Crippen molar-refractivity contribution in [3.63, 3.8) is 0 Å². The number of hydrogen-bond donors (Lipinski definition) is 4. The van der Waals surface area contributed by atoms with Crippen LogP contribution in [-0.2, 0) is 0 Å². The maximum Gasteiger partial charge on any atom is 0.164 e. The van der Waals surface area contributed by atoms with Crippen molar-refractivity contribution >= 4 is 5.78 Å². The number of benzene rings is 2. The molecule has 4 N–H and O–H groups in total. The Morgan fingerprint density at radius 2 is 1.83 bits per heavy atom. The average molecular weight is 331 g/mol. The van der Waals surface area contributed by atoms with Crippen LogP contribution < -0.4 is 10.1 Å². The minimum atomic E-state index is -0.840. The normalized spacial score (nSPS) is 11.9. The topological polar surface area (TPSA) is 99.0 Å². The van der Waals surface area contributed by atoms with E-state index in [1.807, 2.05) is 0 Å². The van der Waals surface area contributed by atoms with Crippen molar-refractivity contribution in [2.45, 2.75) is 12.5 Å². The number of phenolic OH excluding ortho intramolecular Hbond substituents is 2. The Hall–Kier alpha value is -2.57. The summed E-state index contributed by atoms with van der Waals surface area (Å²) in [5, 5.41) is 31.7. The predicted molar refractivity (Wildman–Crippen MR) is 89.5 cm³/mol. The number of aliphatic hydroxyl groups is 1. The molecule has 0 amide bonds. The molecule has 0 aliphatic heterocycles. The van der Waals surface area contributed by atoms with Crippen LogP contribution >= 0.6 is 0 Å². The smallest absolute Gasteiger partial charge is 0.164 e. The second kappa shape index (κ2) is 8.33. The number of carbonyl (C=O) groups is 1. The fourth-order valence-corrected chi connectivity index (χ4v) is 2.23. The molecule has 2 aromatic rings. The van der Waals surface area contributed by atoms with E-state index in [-0.39, 0.29) is 23.8 Å².